The Labute approximate surface area is 132 Å². The van der Waals surface area contributed by atoms with Crippen LogP contribution in [-0.2, 0) is 0 Å². The Morgan fingerprint density at radius 3 is 2.50 bits per heavy atom. The highest BCUT2D eigenvalue weighted by Crippen LogP contribution is 2.41. The third kappa shape index (κ3) is 3.29. The van der Waals surface area contributed by atoms with Crippen molar-refractivity contribution in [3.63, 3.8) is 0 Å². The maximum absolute atomic E-state index is 6.06. The zero-order valence-electron chi connectivity index (χ0n) is 9.62. The van der Waals surface area contributed by atoms with Gasteiger partial charge in [0.15, 0.2) is 0 Å². The highest BCUT2D eigenvalue weighted by Gasteiger charge is 2.15. The smallest absolute Gasteiger partial charge is 0.119 e. The Kier molecular flexibility index (Phi) is 5.13. The monoisotopic (exact) mass is 408 g/mol. The van der Waals surface area contributed by atoms with E-state index in [0.29, 0.717) is 6.61 Å². The molecule has 18 heavy (non-hydrogen) atoms. The fraction of sp³-hybridized carbons (Fsp3) is 0.231. The Balaban J connectivity index is 2.20. The van der Waals surface area contributed by atoms with E-state index in [2.05, 4.69) is 44.0 Å². The summed E-state index contributed by atoms with van der Waals surface area (Å²) >= 11 is 14.8. The third-order valence-electron chi connectivity index (χ3n) is 2.40. The molecule has 0 amide bonds. The van der Waals surface area contributed by atoms with Gasteiger partial charge in [-0.2, -0.15) is 0 Å². The van der Waals surface area contributed by atoms with Crippen LogP contribution in [0.4, 0.5) is 0 Å². The van der Waals surface area contributed by atoms with Crippen LogP contribution in [0, 0.1) is 0 Å². The largest absolute Gasteiger partial charge is 0.494 e. The molecule has 2 rings (SSSR count). The molecule has 1 atom stereocenters. The highest BCUT2D eigenvalue weighted by molar-refractivity contribution is 9.10. The van der Waals surface area contributed by atoms with Crippen LogP contribution in [-0.4, -0.2) is 6.61 Å². The second-order valence-corrected chi connectivity index (χ2v) is 7.09. The SMILES string of the molecule is CCOc1ccc(C(Br)c2cc(Br)c(Cl)s2)cc1. The van der Waals surface area contributed by atoms with E-state index in [-0.39, 0.29) is 4.83 Å². The standard InChI is InChI=1S/C13H11Br2ClOS/c1-2-17-9-5-3-8(4-6-9)12(15)11-7-10(14)13(16)18-11/h3-7,12H,2H2,1H3. The molecule has 5 heteroatoms. The average molecular weight is 411 g/mol. The molecular weight excluding hydrogens is 399 g/mol. The molecule has 1 unspecified atom stereocenters. The van der Waals surface area contributed by atoms with E-state index in [9.17, 15) is 0 Å². The van der Waals surface area contributed by atoms with Gasteiger partial charge in [0.05, 0.1) is 11.4 Å². The van der Waals surface area contributed by atoms with Crippen LogP contribution in [0.25, 0.3) is 0 Å². The second-order valence-electron chi connectivity index (χ2n) is 3.64. The van der Waals surface area contributed by atoms with E-state index >= 15 is 0 Å². The lowest BCUT2D eigenvalue weighted by Crippen LogP contribution is -1.93. The van der Waals surface area contributed by atoms with Gasteiger partial charge in [-0.1, -0.05) is 39.7 Å². The van der Waals surface area contributed by atoms with E-state index in [1.165, 1.54) is 10.4 Å². The molecular formula is C13H11Br2ClOS. The lowest BCUT2D eigenvalue weighted by Gasteiger charge is -2.09. The molecule has 0 radical (unpaired) electrons. The highest BCUT2D eigenvalue weighted by atomic mass is 79.9. The Hall–Kier alpha value is -0.0300. The van der Waals surface area contributed by atoms with Crippen LogP contribution in [0.3, 0.4) is 0 Å². The summed E-state index contributed by atoms with van der Waals surface area (Å²) in [5, 5.41) is 0. The minimum absolute atomic E-state index is 0.155. The molecule has 2 aromatic rings. The first-order valence-corrected chi connectivity index (χ1v) is 8.33. The van der Waals surface area contributed by atoms with Crippen LogP contribution in [0.15, 0.2) is 34.8 Å². The Morgan fingerprint density at radius 2 is 2.00 bits per heavy atom. The van der Waals surface area contributed by atoms with Crippen molar-refractivity contribution in [1.82, 2.24) is 0 Å². The van der Waals surface area contributed by atoms with Gasteiger partial charge in [0.2, 0.25) is 0 Å². The molecule has 0 bridgehead atoms. The molecule has 0 aliphatic heterocycles. The van der Waals surface area contributed by atoms with Crippen molar-refractivity contribution in [3.05, 3.63) is 49.6 Å². The van der Waals surface area contributed by atoms with E-state index in [1.54, 1.807) is 11.3 Å². The zero-order valence-corrected chi connectivity index (χ0v) is 14.4. The predicted octanol–water partition coefficient (Wildman–Crippen LogP) is 6.05. The summed E-state index contributed by atoms with van der Waals surface area (Å²) in [7, 11) is 0. The zero-order chi connectivity index (χ0) is 13.1. The van der Waals surface area contributed by atoms with Crippen molar-refractivity contribution < 1.29 is 4.74 Å². The van der Waals surface area contributed by atoms with Crippen molar-refractivity contribution in [2.75, 3.05) is 6.61 Å². The molecule has 0 fully saturated rings. The van der Waals surface area contributed by atoms with Crippen molar-refractivity contribution in [2.24, 2.45) is 0 Å². The summed E-state index contributed by atoms with van der Waals surface area (Å²) in [4.78, 5) is 1.33. The first kappa shape index (κ1) is 14.4. The molecule has 1 aromatic carbocycles. The van der Waals surface area contributed by atoms with Crippen molar-refractivity contribution >= 4 is 54.8 Å². The first-order valence-electron chi connectivity index (χ1n) is 5.43. The molecule has 0 aliphatic carbocycles. The average Bonchev–Trinajstić information content (AvgIpc) is 2.70. The van der Waals surface area contributed by atoms with Crippen LogP contribution in [0.1, 0.15) is 22.2 Å². The topological polar surface area (TPSA) is 9.23 Å². The van der Waals surface area contributed by atoms with Gasteiger partial charge in [0, 0.05) is 9.35 Å². The van der Waals surface area contributed by atoms with Crippen molar-refractivity contribution in [2.45, 2.75) is 11.8 Å². The van der Waals surface area contributed by atoms with Crippen molar-refractivity contribution in [3.8, 4) is 5.75 Å². The Bertz CT molecular complexity index is 505. The van der Waals surface area contributed by atoms with Crippen molar-refractivity contribution in [1.29, 1.82) is 0 Å². The molecule has 0 spiro atoms. The minimum atomic E-state index is 0.155. The number of halogens is 3. The number of thiophene rings is 1. The quantitative estimate of drug-likeness (QED) is 0.558. The van der Waals surface area contributed by atoms with Gasteiger partial charge >= 0.3 is 0 Å². The first-order chi connectivity index (χ1) is 8.61. The van der Waals surface area contributed by atoms with Gasteiger partial charge in [-0.15, -0.1) is 11.3 Å². The van der Waals surface area contributed by atoms with Crippen LogP contribution in [0.5, 0.6) is 5.75 Å². The van der Waals surface area contributed by atoms with E-state index < -0.39 is 0 Å². The van der Waals surface area contributed by atoms with E-state index in [1.807, 2.05) is 25.1 Å². The Morgan fingerprint density at radius 1 is 1.33 bits per heavy atom. The number of hydrogen-bond donors (Lipinski definition) is 0. The summed E-state index contributed by atoms with van der Waals surface area (Å²) in [6.07, 6.45) is 0. The van der Waals surface area contributed by atoms with Gasteiger partial charge in [0.25, 0.3) is 0 Å². The molecule has 96 valence electrons. The lowest BCUT2D eigenvalue weighted by atomic mass is 10.1. The minimum Gasteiger partial charge on any atom is -0.494 e. The summed E-state index contributed by atoms with van der Waals surface area (Å²) in [6.45, 7) is 2.66. The maximum Gasteiger partial charge on any atom is 0.119 e. The van der Waals surface area contributed by atoms with E-state index in [4.69, 9.17) is 16.3 Å². The van der Waals surface area contributed by atoms with Gasteiger partial charge in [-0.25, -0.2) is 0 Å². The summed E-state index contributed by atoms with van der Waals surface area (Å²) in [6, 6.07) is 10.1. The number of ether oxygens (including phenoxy) is 1. The number of alkyl halides is 1. The molecule has 0 aliphatic rings. The summed E-state index contributed by atoms with van der Waals surface area (Å²) in [5.74, 6) is 0.895. The molecule has 1 aromatic heterocycles. The normalized spacial score (nSPS) is 12.4. The summed E-state index contributed by atoms with van der Waals surface area (Å²) < 4.78 is 7.15. The number of hydrogen-bond acceptors (Lipinski definition) is 2. The van der Waals surface area contributed by atoms with Gasteiger partial charge in [-0.3, -0.25) is 0 Å². The molecule has 0 N–H and O–H groups in total. The van der Waals surface area contributed by atoms with Gasteiger partial charge in [0.1, 0.15) is 10.1 Å². The lowest BCUT2D eigenvalue weighted by molar-refractivity contribution is 0.340. The molecule has 0 saturated heterocycles. The fourth-order valence-electron chi connectivity index (χ4n) is 1.55. The number of rotatable bonds is 4. The second kappa shape index (κ2) is 6.42. The molecule has 1 heterocycles. The summed E-state index contributed by atoms with van der Waals surface area (Å²) in [5.41, 5.74) is 1.18. The molecule has 1 nitrogen and oxygen atoms in total. The van der Waals surface area contributed by atoms with Crippen LogP contribution in [0.2, 0.25) is 4.34 Å². The number of benzene rings is 1. The predicted molar refractivity (Wildman–Crippen MR) is 85.4 cm³/mol. The van der Waals surface area contributed by atoms with E-state index in [0.717, 1.165) is 14.6 Å². The van der Waals surface area contributed by atoms with Gasteiger partial charge in [-0.05, 0) is 46.6 Å². The van der Waals surface area contributed by atoms with Gasteiger partial charge < -0.3 is 4.74 Å². The third-order valence-corrected chi connectivity index (χ3v) is 6.26. The molecule has 0 saturated carbocycles. The maximum atomic E-state index is 6.06. The van der Waals surface area contributed by atoms with Crippen LogP contribution >= 0.6 is 54.8 Å². The van der Waals surface area contributed by atoms with Crippen LogP contribution < -0.4 is 4.74 Å². The fourth-order valence-corrected chi connectivity index (χ4v) is 4.01.